The van der Waals surface area contributed by atoms with Crippen LogP contribution in [0.25, 0.3) is 4.96 Å². The molecule has 8 heteroatoms. The summed E-state index contributed by atoms with van der Waals surface area (Å²) in [6, 6.07) is -0.0278. The van der Waals surface area contributed by atoms with Gasteiger partial charge in [-0.3, -0.25) is 9.20 Å². The largest absolute Gasteiger partial charge is 0.336 e. The molecule has 0 radical (unpaired) electrons. The molecule has 1 unspecified atom stereocenters. The van der Waals surface area contributed by atoms with E-state index < -0.39 is 0 Å². The number of aromatic nitrogens is 4. The van der Waals surface area contributed by atoms with Gasteiger partial charge in [-0.1, -0.05) is 0 Å². The van der Waals surface area contributed by atoms with Gasteiger partial charge in [-0.2, -0.15) is 0 Å². The highest BCUT2D eigenvalue weighted by Gasteiger charge is 2.30. The van der Waals surface area contributed by atoms with E-state index in [0.717, 1.165) is 29.6 Å². The van der Waals surface area contributed by atoms with Crippen LogP contribution in [0.4, 0.5) is 0 Å². The highest BCUT2D eigenvalue weighted by molar-refractivity contribution is 7.15. The van der Waals surface area contributed by atoms with E-state index in [2.05, 4.69) is 15.3 Å². The first-order valence-corrected chi connectivity index (χ1v) is 8.49. The van der Waals surface area contributed by atoms with Crippen LogP contribution in [0.2, 0.25) is 0 Å². The molecule has 0 aromatic carbocycles. The molecule has 0 bridgehead atoms. The Kier molecular flexibility index (Phi) is 3.62. The van der Waals surface area contributed by atoms with Gasteiger partial charge in [0.1, 0.15) is 11.9 Å². The van der Waals surface area contributed by atoms with Crippen molar-refractivity contribution in [3.8, 4) is 0 Å². The number of carbonyl (C=O) groups is 1. The molecule has 1 atom stereocenters. The average Bonchev–Trinajstić information content (AvgIpc) is 3.23. The lowest BCUT2D eigenvalue weighted by atomic mass is 10.1. The van der Waals surface area contributed by atoms with Crippen molar-refractivity contribution in [3.63, 3.8) is 0 Å². The van der Waals surface area contributed by atoms with Crippen LogP contribution >= 0.6 is 11.3 Å². The van der Waals surface area contributed by atoms with Gasteiger partial charge < -0.3 is 14.8 Å². The minimum absolute atomic E-state index is 0.0278. The Labute approximate surface area is 137 Å². The molecule has 3 aromatic heterocycles. The first-order chi connectivity index (χ1) is 11.2. The zero-order valence-corrected chi connectivity index (χ0v) is 13.7. The van der Waals surface area contributed by atoms with Gasteiger partial charge in [0.05, 0.1) is 12.1 Å². The summed E-state index contributed by atoms with van der Waals surface area (Å²) in [6.45, 7) is 2.23. The van der Waals surface area contributed by atoms with Crippen molar-refractivity contribution >= 4 is 22.2 Å². The number of aryl methyl sites for hydroxylation is 1. The van der Waals surface area contributed by atoms with E-state index in [9.17, 15) is 4.79 Å². The smallest absolute Gasteiger partial charge is 0.229 e. The van der Waals surface area contributed by atoms with E-state index in [1.165, 1.54) is 0 Å². The third kappa shape index (κ3) is 2.64. The monoisotopic (exact) mass is 330 g/mol. The number of fused-ring (bicyclic) bond motifs is 1. The number of amides is 1. The minimum Gasteiger partial charge on any atom is -0.336 e. The van der Waals surface area contributed by atoms with Gasteiger partial charge in [-0.05, 0) is 0 Å². The second kappa shape index (κ2) is 5.78. The Hall–Kier alpha value is -2.19. The fourth-order valence-electron chi connectivity index (χ4n) is 3.05. The number of nitrogens with one attached hydrogen (secondary N) is 1. The summed E-state index contributed by atoms with van der Waals surface area (Å²) in [6.07, 6.45) is 7.91. The zero-order valence-electron chi connectivity index (χ0n) is 12.8. The van der Waals surface area contributed by atoms with Crippen molar-refractivity contribution in [2.45, 2.75) is 12.5 Å². The Bertz CT molecular complexity index is 805. The van der Waals surface area contributed by atoms with E-state index in [-0.39, 0.29) is 11.9 Å². The summed E-state index contributed by atoms with van der Waals surface area (Å²) in [5.74, 6) is 1.02. The molecular formula is C15H18N6OS. The third-order valence-corrected chi connectivity index (χ3v) is 4.97. The quantitative estimate of drug-likeness (QED) is 0.773. The molecule has 120 valence electrons. The van der Waals surface area contributed by atoms with E-state index in [1.807, 2.05) is 44.9 Å². The number of rotatable bonds is 3. The van der Waals surface area contributed by atoms with Crippen LogP contribution in [0.1, 0.15) is 17.6 Å². The van der Waals surface area contributed by atoms with Crippen LogP contribution in [0, 0.1) is 0 Å². The summed E-state index contributed by atoms with van der Waals surface area (Å²) in [7, 11) is 1.96. The summed E-state index contributed by atoms with van der Waals surface area (Å²) in [4.78, 5) is 24.6. The predicted octanol–water partition coefficient (Wildman–Crippen LogP) is 0.845. The Morgan fingerprint density at radius 2 is 2.39 bits per heavy atom. The Balaban J connectivity index is 1.55. The fraction of sp³-hybridized carbons (Fsp3) is 0.400. The van der Waals surface area contributed by atoms with E-state index in [4.69, 9.17) is 0 Å². The molecule has 1 N–H and O–H groups in total. The number of imidazole rings is 2. The van der Waals surface area contributed by atoms with Crippen molar-refractivity contribution in [3.05, 3.63) is 41.7 Å². The lowest BCUT2D eigenvalue weighted by Crippen LogP contribution is -2.49. The molecule has 4 heterocycles. The number of nitrogens with zero attached hydrogens (tertiary/aromatic N) is 5. The van der Waals surface area contributed by atoms with Crippen molar-refractivity contribution in [2.24, 2.45) is 7.05 Å². The zero-order chi connectivity index (χ0) is 15.8. The number of thiazole rings is 1. The van der Waals surface area contributed by atoms with E-state index in [0.29, 0.717) is 13.0 Å². The van der Waals surface area contributed by atoms with Crippen LogP contribution in [0.5, 0.6) is 0 Å². The molecule has 0 spiro atoms. The molecule has 1 fully saturated rings. The fourth-order valence-corrected chi connectivity index (χ4v) is 3.77. The maximum absolute atomic E-state index is 12.8. The van der Waals surface area contributed by atoms with Crippen LogP contribution in [0.3, 0.4) is 0 Å². The van der Waals surface area contributed by atoms with Crippen LogP contribution < -0.4 is 5.32 Å². The summed E-state index contributed by atoms with van der Waals surface area (Å²) >= 11 is 1.57. The SMILES string of the molecule is Cn1ccnc1C1CNCCN1C(=O)Cc1cn2ccsc2n1. The number of carbonyl (C=O) groups excluding carboxylic acids is 1. The van der Waals surface area contributed by atoms with Gasteiger partial charge in [0.25, 0.3) is 0 Å². The van der Waals surface area contributed by atoms with Gasteiger partial charge >= 0.3 is 0 Å². The predicted molar refractivity (Wildman–Crippen MR) is 87.3 cm³/mol. The molecule has 1 aliphatic heterocycles. The Morgan fingerprint density at radius 1 is 1.48 bits per heavy atom. The van der Waals surface area contributed by atoms with Gasteiger partial charge in [-0.15, -0.1) is 11.3 Å². The molecule has 1 amide bonds. The average molecular weight is 330 g/mol. The van der Waals surface area contributed by atoms with E-state index >= 15 is 0 Å². The first-order valence-electron chi connectivity index (χ1n) is 7.61. The highest BCUT2D eigenvalue weighted by Crippen LogP contribution is 2.22. The number of hydrogen-bond acceptors (Lipinski definition) is 5. The summed E-state index contributed by atoms with van der Waals surface area (Å²) < 4.78 is 3.94. The standard InChI is InChI=1S/C15H18N6OS/c1-19-4-3-17-14(19)12-9-16-2-5-21(12)13(22)8-11-10-20-6-7-23-15(20)18-11/h3-4,6-7,10,12,16H,2,5,8-9H2,1H3. The Morgan fingerprint density at radius 3 is 3.17 bits per heavy atom. The van der Waals surface area contributed by atoms with Crippen molar-refractivity contribution < 1.29 is 4.79 Å². The van der Waals surface area contributed by atoms with Gasteiger partial charge in [0, 0.05) is 56.8 Å². The second-order valence-corrected chi connectivity index (χ2v) is 6.58. The maximum atomic E-state index is 12.8. The molecule has 1 aliphatic rings. The lowest BCUT2D eigenvalue weighted by Gasteiger charge is -2.35. The molecule has 0 aliphatic carbocycles. The number of piperazine rings is 1. The molecule has 3 aromatic rings. The minimum atomic E-state index is -0.0278. The highest BCUT2D eigenvalue weighted by atomic mass is 32.1. The van der Waals surface area contributed by atoms with Crippen molar-refractivity contribution in [2.75, 3.05) is 19.6 Å². The summed E-state index contributed by atoms with van der Waals surface area (Å²) in [5.41, 5.74) is 0.818. The molecule has 0 saturated carbocycles. The topological polar surface area (TPSA) is 67.5 Å². The van der Waals surface area contributed by atoms with Crippen LogP contribution in [0.15, 0.2) is 30.2 Å². The summed E-state index contributed by atoms with van der Waals surface area (Å²) in [5, 5.41) is 5.34. The van der Waals surface area contributed by atoms with Crippen molar-refractivity contribution in [1.82, 2.24) is 29.2 Å². The van der Waals surface area contributed by atoms with Crippen molar-refractivity contribution in [1.29, 1.82) is 0 Å². The molecule has 23 heavy (non-hydrogen) atoms. The van der Waals surface area contributed by atoms with Crippen LogP contribution in [-0.4, -0.2) is 49.4 Å². The van der Waals surface area contributed by atoms with Gasteiger partial charge in [0.15, 0.2) is 4.96 Å². The second-order valence-electron chi connectivity index (χ2n) is 5.71. The van der Waals surface area contributed by atoms with Gasteiger partial charge in [0.2, 0.25) is 5.91 Å². The normalized spacial score (nSPS) is 18.7. The molecule has 1 saturated heterocycles. The third-order valence-electron chi connectivity index (χ3n) is 4.20. The maximum Gasteiger partial charge on any atom is 0.229 e. The molecule has 4 rings (SSSR count). The first kappa shape index (κ1) is 14.4. The van der Waals surface area contributed by atoms with Gasteiger partial charge in [-0.25, -0.2) is 9.97 Å². The lowest BCUT2D eigenvalue weighted by molar-refractivity contribution is -0.134. The number of hydrogen-bond donors (Lipinski definition) is 1. The molecular weight excluding hydrogens is 312 g/mol. The van der Waals surface area contributed by atoms with E-state index in [1.54, 1.807) is 17.5 Å². The van der Waals surface area contributed by atoms with Crippen LogP contribution in [-0.2, 0) is 18.3 Å². The molecule has 7 nitrogen and oxygen atoms in total.